The van der Waals surface area contributed by atoms with Crippen molar-refractivity contribution in [2.24, 2.45) is 0 Å². The molecule has 0 fully saturated rings. The maximum absolute atomic E-state index is 14.0. The fraction of sp³-hybridized carbons (Fsp3) is 0.333. The van der Waals surface area contributed by atoms with Crippen molar-refractivity contribution in [1.29, 1.82) is 0 Å². The van der Waals surface area contributed by atoms with E-state index in [1.165, 1.54) is 24.3 Å². The first-order valence-corrected chi connectivity index (χ1v) is 10.6. The summed E-state index contributed by atoms with van der Waals surface area (Å²) in [4.78, 5) is 12.8. The Morgan fingerprint density at radius 1 is 1.15 bits per heavy atom. The smallest absolute Gasteiger partial charge is 0.435 e. The fourth-order valence-electron chi connectivity index (χ4n) is 4.04. The highest BCUT2D eigenvalue weighted by molar-refractivity contribution is 5.83. The lowest BCUT2D eigenvalue weighted by Gasteiger charge is -2.15. The number of hydrogen-bond donors (Lipinski definition) is 1. The summed E-state index contributed by atoms with van der Waals surface area (Å²) in [5.41, 5.74) is 2.36. The van der Waals surface area contributed by atoms with E-state index in [9.17, 15) is 22.4 Å². The average molecular weight is 461 g/mol. The van der Waals surface area contributed by atoms with Crippen LogP contribution in [0, 0.1) is 5.82 Å². The molecule has 9 heteroatoms. The van der Waals surface area contributed by atoms with Crippen molar-refractivity contribution in [1.82, 2.24) is 15.1 Å². The number of alkyl halides is 3. The maximum atomic E-state index is 14.0. The van der Waals surface area contributed by atoms with Crippen LogP contribution in [0.15, 0.2) is 42.5 Å². The van der Waals surface area contributed by atoms with Gasteiger partial charge in [0.15, 0.2) is 5.69 Å². The molecule has 0 spiro atoms. The van der Waals surface area contributed by atoms with E-state index in [2.05, 4.69) is 10.4 Å². The third-order valence-electron chi connectivity index (χ3n) is 5.87. The van der Waals surface area contributed by atoms with Gasteiger partial charge in [-0.05, 0) is 55.0 Å². The Hall–Kier alpha value is -3.36. The lowest BCUT2D eigenvalue weighted by atomic mass is 9.96. The van der Waals surface area contributed by atoms with Gasteiger partial charge in [0.2, 0.25) is 5.91 Å². The number of carbonyl (C=O) groups excluding carboxylic acids is 1. The van der Waals surface area contributed by atoms with Crippen LogP contribution >= 0.6 is 0 Å². The summed E-state index contributed by atoms with van der Waals surface area (Å²) in [5.74, 6) is -1.36. The van der Waals surface area contributed by atoms with Crippen molar-refractivity contribution in [3.05, 3.63) is 76.4 Å². The van der Waals surface area contributed by atoms with E-state index in [1.807, 2.05) is 18.2 Å². The largest absolute Gasteiger partial charge is 0.497 e. The molecular formula is C24H23F4N3O2. The molecule has 0 radical (unpaired) electrons. The Morgan fingerprint density at radius 3 is 2.64 bits per heavy atom. The van der Waals surface area contributed by atoms with Crippen LogP contribution in [0.3, 0.4) is 0 Å². The van der Waals surface area contributed by atoms with Crippen LogP contribution < -0.4 is 10.1 Å². The van der Waals surface area contributed by atoms with E-state index < -0.39 is 23.6 Å². The summed E-state index contributed by atoms with van der Waals surface area (Å²) in [6.07, 6.45) is -1.59. The molecule has 1 heterocycles. The quantitative estimate of drug-likeness (QED) is 0.529. The topological polar surface area (TPSA) is 56.1 Å². The van der Waals surface area contributed by atoms with Crippen LogP contribution in [0.2, 0.25) is 0 Å². The second-order valence-electron chi connectivity index (χ2n) is 8.10. The molecule has 3 aromatic rings. The molecule has 1 amide bonds. The zero-order valence-corrected chi connectivity index (χ0v) is 18.2. The van der Waals surface area contributed by atoms with Crippen molar-refractivity contribution < 1.29 is 27.1 Å². The van der Waals surface area contributed by atoms with Gasteiger partial charge in [-0.25, -0.2) is 9.07 Å². The molecule has 4 rings (SSSR count). The molecule has 1 atom stereocenters. The van der Waals surface area contributed by atoms with Crippen LogP contribution in [0.4, 0.5) is 17.6 Å². The predicted molar refractivity (Wildman–Crippen MR) is 114 cm³/mol. The van der Waals surface area contributed by atoms with Gasteiger partial charge >= 0.3 is 6.18 Å². The van der Waals surface area contributed by atoms with E-state index in [0.29, 0.717) is 0 Å². The number of nitrogens with one attached hydrogen (secondary N) is 1. The highest BCUT2D eigenvalue weighted by atomic mass is 19.4. The second kappa shape index (κ2) is 8.88. The van der Waals surface area contributed by atoms with E-state index in [0.717, 1.165) is 47.7 Å². The van der Waals surface area contributed by atoms with Gasteiger partial charge in [-0.1, -0.05) is 18.2 Å². The first-order chi connectivity index (χ1) is 15.7. The zero-order chi connectivity index (χ0) is 23.8. The zero-order valence-electron chi connectivity index (χ0n) is 18.2. The van der Waals surface area contributed by atoms with Gasteiger partial charge in [0.25, 0.3) is 0 Å². The summed E-state index contributed by atoms with van der Waals surface area (Å²) < 4.78 is 59.9. The van der Waals surface area contributed by atoms with Gasteiger partial charge in [-0.3, -0.25) is 4.79 Å². The van der Waals surface area contributed by atoms with Crippen molar-refractivity contribution >= 4 is 5.91 Å². The van der Waals surface area contributed by atoms with Crippen molar-refractivity contribution in [2.75, 3.05) is 7.11 Å². The molecule has 0 saturated heterocycles. The summed E-state index contributed by atoms with van der Waals surface area (Å²) in [7, 11) is 1.32. The summed E-state index contributed by atoms with van der Waals surface area (Å²) in [5, 5.41) is 6.30. The molecule has 33 heavy (non-hydrogen) atoms. The molecule has 1 unspecified atom stereocenters. The number of aryl methyl sites for hydroxylation is 2. The number of ether oxygens (including phenoxy) is 1. The Morgan fingerprint density at radius 2 is 1.91 bits per heavy atom. The number of rotatable bonds is 6. The second-order valence-corrected chi connectivity index (χ2v) is 8.10. The molecule has 1 N–H and O–H groups in total. The molecule has 0 saturated carbocycles. The standard InChI is InChI=1S/C24H23F4N3O2/c1-14(16-7-6-15-4-3-5-17(15)8-16)23(32)29-13-20-12-22(24(26,27)28)30-31(20)19-9-18(25)10-21(11-19)33-2/h6-12,14H,3-5,13H2,1-2H3,(H,29,32). The Bertz CT molecular complexity index is 1190. The number of methoxy groups -OCH3 is 1. The van der Waals surface area contributed by atoms with Gasteiger partial charge < -0.3 is 10.1 Å². The minimum absolute atomic E-state index is 0.0540. The molecule has 1 aliphatic rings. The van der Waals surface area contributed by atoms with Gasteiger partial charge in [0.05, 0.1) is 31.0 Å². The first-order valence-electron chi connectivity index (χ1n) is 10.6. The number of aromatic nitrogens is 2. The maximum Gasteiger partial charge on any atom is 0.435 e. The van der Waals surface area contributed by atoms with E-state index in [4.69, 9.17) is 4.74 Å². The lowest BCUT2D eigenvalue weighted by molar-refractivity contribution is -0.141. The van der Waals surface area contributed by atoms with E-state index in [-0.39, 0.29) is 29.6 Å². The molecule has 0 aliphatic heterocycles. The number of halogens is 4. The lowest BCUT2D eigenvalue weighted by Crippen LogP contribution is -2.28. The minimum atomic E-state index is -4.70. The molecule has 1 aliphatic carbocycles. The van der Waals surface area contributed by atoms with Gasteiger partial charge in [0.1, 0.15) is 11.6 Å². The number of fused-ring (bicyclic) bond motifs is 1. The molecule has 2 aromatic carbocycles. The number of amides is 1. The van der Waals surface area contributed by atoms with Crippen molar-refractivity contribution in [3.8, 4) is 11.4 Å². The minimum Gasteiger partial charge on any atom is -0.497 e. The van der Waals surface area contributed by atoms with Gasteiger partial charge in [-0.2, -0.15) is 18.3 Å². The molecule has 0 bridgehead atoms. The molecule has 1 aromatic heterocycles. The third kappa shape index (κ3) is 4.86. The van der Waals surface area contributed by atoms with Crippen molar-refractivity contribution in [3.63, 3.8) is 0 Å². The molecular weight excluding hydrogens is 438 g/mol. The van der Waals surface area contributed by atoms with Crippen molar-refractivity contribution in [2.45, 2.75) is 44.8 Å². The summed E-state index contributed by atoms with van der Waals surface area (Å²) >= 11 is 0. The predicted octanol–water partition coefficient (Wildman–Crippen LogP) is 4.95. The summed E-state index contributed by atoms with van der Waals surface area (Å²) in [6, 6.07) is 10.3. The van der Waals surface area contributed by atoms with Crippen LogP contribution in [0.25, 0.3) is 5.69 Å². The molecule has 174 valence electrons. The van der Waals surface area contributed by atoms with Gasteiger partial charge in [-0.15, -0.1) is 0 Å². The summed E-state index contributed by atoms with van der Waals surface area (Å²) in [6.45, 7) is 1.54. The number of benzene rings is 2. The number of carbonyl (C=O) groups is 1. The number of nitrogens with zero attached hydrogens (tertiary/aromatic N) is 2. The van der Waals surface area contributed by atoms with Crippen LogP contribution in [0.5, 0.6) is 5.75 Å². The molecule has 5 nitrogen and oxygen atoms in total. The third-order valence-corrected chi connectivity index (χ3v) is 5.87. The highest BCUT2D eigenvalue weighted by Gasteiger charge is 2.35. The Balaban J connectivity index is 1.57. The normalized spacial score (nSPS) is 14.1. The van der Waals surface area contributed by atoms with E-state index in [1.54, 1.807) is 6.92 Å². The van der Waals surface area contributed by atoms with Gasteiger partial charge in [0, 0.05) is 12.1 Å². The fourth-order valence-corrected chi connectivity index (χ4v) is 4.04. The first kappa shape index (κ1) is 22.8. The van der Waals surface area contributed by atoms with E-state index >= 15 is 0 Å². The Kier molecular flexibility index (Phi) is 6.14. The number of hydrogen-bond acceptors (Lipinski definition) is 3. The van der Waals surface area contributed by atoms with Crippen LogP contribution in [-0.2, 0) is 30.4 Å². The average Bonchev–Trinajstić information content (AvgIpc) is 3.42. The van der Waals surface area contributed by atoms with Crippen LogP contribution in [-0.4, -0.2) is 22.8 Å². The SMILES string of the molecule is COc1cc(F)cc(-n2nc(C(F)(F)F)cc2CNC(=O)C(C)c2ccc3c(c2)CCC3)c1. The Labute approximate surface area is 188 Å². The highest BCUT2D eigenvalue weighted by Crippen LogP contribution is 2.31. The van der Waals surface area contributed by atoms with Crippen LogP contribution in [0.1, 0.15) is 47.3 Å². The monoisotopic (exact) mass is 461 g/mol.